The van der Waals surface area contributed by atoms with Crippen LogP contribution in [0.3, 0.4) is 0 Å². The summed E-state index contributed by atoms with van der Waals surface area (Å²) in [5.74, 6) is 0.357. The molecule has 13 heteroatoms. The highest BCUT2D eigenvalue weighted by Gasteiger charge is 2.46. The Morgan fingerprint density at radius 3 is 2.49 bits per heavy atom. The summed E-state index contributed by atoms with van der Waals surface area (Å²) in [5.41, 5.74) is 2.40. The zero-order valence-electron chi connectivity index (χ0n) is 22.9. The average molecular weight is 594 g/mol. The molecule has 6 rings (SSSR count). The summed E-state index contributed by atoms with van der Waals surface area (Å²) < 4.78 is 54.1. The molecule has 2 unspecified atom stereocenters. The van der Waals surface area contributed by atoms with Gasteiger partial charge < -0.3 is 20.1 Å². The number of benzene rings is 3. The molecule has 2 N–H and O–H groups in total. The smallest absolute Gasteiger partial charge is 0.410 e. The van der Waals surface area contributed by atoms with Crippen LogP contribution in [0.2, 0.25) is 0 Å². The highest BCUT2D eigenvalue weighted by Crippen LogP contribution is 2.44. The van der Waals surface area contributed by atoms with Gasteiger partial charge in [0.25, 0.3) is 11.6 Å². The van der Waals surface area contributed by atoms with E-state index in [9.17, 15) is 28.1 Å². The molecule has 0 radical (unpaired) electrons. The first kappa shape index (κ1) is 28.1. The molecule has 1 amide bonds. The maximum atomic E-state index is 14.1. The van der Waals surface area contributed by atoms with E-state index in [2.05, 4.69) is 15.7 Å². The molecule has 2 atom stereocenters. The summed E-state index contributed by atoms with van der Waals surface area (Å²) in [6.45, 7) is 0. The highest BCUT2D eigenvalue weighted by atomic mass is 19.4. The number of halogens is 3. The molecular formula is C30H26F3N5O5. The Morgan fingerprint density at radius 2 is 1.77 bits per heavy atom. The number of aryl methyl sites for hydroxylation is 2. The van der Waals surface area contributed by atoms with Crippen LogP contribution in [0.1, 0.15) is 52.1 Å². The van der Waals surface area contributed by atoms with Crippen LogP contribution in [0.15, 0.2) is 66.7 Å². The molecule has 4 aromatic rings. The quantitative estimate of drug-likeness (QED) is 0.175. The monoisotopic (exact) mass is 593 g/mol. The van der Waals surface area contributed by atoms with Gasteiger partial charge in [-0.3, -0.25) is 14.9 Å². The number of amides is 1. The van der Waals surface area contributed by atoms with Gasteiger partial charge in [-0.2, -0.15) is 18.3 Å². The summed E-state index contributed by atoms with van der Waals surface area (Å²) in [7, 11) is 1.49. The third-order valence-electron chi connectivity index (χ3n) is 7.61. The Balaban J connectivity index is 1.25. The number of fused-ring (bicyclic) bond motifs is 2. The van der Waals surface area contributed by atoms with E-state index in [0.29, 0.717) is 17.1 Å². The predicted molar refractivity (Wildman–Crippen MR) is 151 cm³/mol. The number of nitrogens with zero attached hydrogens (tertiary/aromatic N) is 3. The lowest BCUT2D eigenvalue weighted by Gasteiger charge is -2.33. The number of aromatic nitrogens is 2. The third kappa shape index (κ3) is 5.83. The Labute approximate surface area is 243 Å². The summed E-state index contributed by atoms with van der Waals surface area (Å²) >= 11 is 0. The predicted octanol–water partition coefficient (Wildman–Crippen LogP) is 6.99. The van der Waals surface area contributed by atoms with Gasteiger partial charge in [0.05, 0.1) is 29.8 Å². The number of carbonyl (C=O) groups is 1. The third-order valence-corrected chi connectivity index (χ3v) is 7.61. The van der Waals surface area contributed by atoms with E-state index in [4.69, 9.17) is 9.47 Å². The minimum atomic E-state index is -4.63. The molecule has 10 nitrogen and oxygen atoms in total. The number of nitrogens with one attached hydrogen (secondary N) is 2. The zero-order valence-corrected chi connectivity index (χ0v) is 22.9. The van der Waals surface area contributed by atoms with Crippen molar-refractivity contribution in [1.29, 1.82) is 0 Å². The van der Waals surface area contributed by atoms with Crippen molar-refractivity contribution in [2.75, 3.05) is 17.7 Å². The number of non-ortho nitro benzene ring substituents is 1. The van der Waals surface area contributed by atoms with Crippen LogP contribution in [0.5, 0.6) is 17.2 Å². The van der Waals surface area contributed by atoms with Crippen molar-refractivity contribution in [3.63, 3.8) is 0 Å². The Kier molecular flexibility index (Phi) is 7.16. The standard InChI is InChI=1S/C30H26F3N5O5/c1-42-22-8-6-18(7-9-22)25-15-27(30(31,32)33)37-28(35-25)16-26(36-37)29(39)34-20-12-21(38(40)41)14-24(13-20)43-23-10-5-17-3-2-4-19(17)11-23/h5-14,16,25,27,35H,2-4,15H2,1H3,(H,34,39). The molecule has 1 aliphatic heterocycles. The number of nitro groups is 1. The van der Waals surface area contributed by atoms with Crippen molar-refractivity contribution in [3.8, 4) is 17.2 Å². The van der Waals surface area contributed by atoms with Crippen molar-refractivity contribution < 1.29 is 32.4 Å². The van der Waals surface area contributed by atoms with E-state index in [1.54, 1.807) is 30.3 Å². The molecule has 0 fully saturated rings. The van der Waals surface area contributed by atoms with Crippen molar-refractivity contribution >= 4 is 23.1 Å². The fourth-order valence-electron chi connectivity index (χ4n) is 5.50. The van der Waals surface area contributed by atoms with E-state index >= 15 is 0 Å². The van der Waals surface area contributed by atoms with Crippen molar-refractivity contribution in [1.82, 2.24) is 9.78 Å². The molecule has 0 saturated carbocycles. The number of rotatable bonds is 7. The number of hydrogen-bond acceptors (Lipinski definition) is 7. The second-order valence-corrected chi connectivity index (χ2v) is 10.4. The van der Waals surface area contributed by atoms with Crippen LogP contribution in [0.25, 0.3) is 0 Å². The lowest BCUT2D eigenvalue weighted by atomic mass is 9.97. The molecule has 1 aliphatic carbocycles. The fraction of sp³-hybridized carbons (Fsp3) is 0.267. The molecule has 3 aromatic carbocycles. The largest absolute Gasteiger partial charge is 0.497 e. The molecule has 222 valence electrons. The lowest BCUT2D eigenvalue weighted by molar-refractivity contribution is -0.384. The van der Waals surface area contributed by atoms with Gasteiger partial charge in [-0.1, -0.05) is 18.2 Å². The molecule has 2 aliphatic rings. The van der Waals surface area contributed by atoms with Gasteiger partial charge in [0.1, 0.15) is 23.1 Å². The van der Waals surface area contributed by atoms with Crippen LogP contribution in [0.4, 0.5) is 30.4 Å². The second-order valence-electron chi connectivity index (χ2n) is 10.4. The number of nitro benzene ring substituents is 1. The van der Waals surface area contributed by atoms with Crippen LogP contribution in [0, 0.1) is 10.1 Å². The van der Waals surface area contributed by atoms with E-state index in [0.717, 1.165) is 35.6 Å². The number of methoxy groups -OCH3 is 1. The number of carbonyl (C=O) groups excluding carboxylic acids is 1. The number of alkyl halides is 3. The van der Waals surface area contributed by atoms with E-state index in [1.165, 1.54) is 30.9 Å². The number of ether oxygens (including phenoxy) is 2. The van der Waals surface area contributed by atoms with Gasteiger partial charge in [0.15, 0.2) is 11.7 Å². The van der Waals surface area contributed by atoms with Crippen molar-refractivity contribution in [3.05, 3.63) is 99.2 Å². The molecule has 0 saturated heterocycles. The normalized spacial score (nSPS) is 17.4. The van der Waals surface area contributed by atoms with Crippen LogP contribution in [-0.2, 0) is 12.8 Å². The van der Waals surface area contributed by atoms with Crippen LogP contribution in [-0.4, -0.2) is 33.9 Å². The first-order valence-electron chi connectivity index (χ1n) is 13.5. The minimum Gasteiger partial charge on any atom is -0.497 e. The molecule has 0 spiro atoms. The number of anilines is 2. The summed E-state index contributed by atoms with van der Waals surface area (Å²) in [6.07, 6.45) is -2.03. The minimum absolute atomic E-state index is 0.0132. The summed E-state index contributed by atoms with van der Waals surface area (Å²) in [6, 6.07) is 14.6. The van der Waals surface area contributed by atoms with Gasteiger partial charge in [0, 0.05) is 24.6 Å². The van der Waals surface area contributed by atoms with Crippen LogP contribution >= 0.6 is 0 Å². The van der Waals surface area contributed by atoms with Gasteiger partial charge in [-0.05, 0) is 60.2 Å². The maximum absolute atomic E-state index is 14.1. The van der Waals surface area contributed by atoms with E-state index < -0.39 is 29.1 Å². The molecule has 1 aromatic heterocycles. The molecule has 0 bridgehead atoms. The Hall–Kier alpha value is -5.07. The summed E-state index contributed by atoms with van der Waals surface area (Å²) in [5, 5.41) is 21.1. The summed E-state index contributed by atoms with van der Waals surface area (Å²) in [4.78, 5) is 24.2. The number of hydrogen-bond donors (Lipinski definition) is 2. The first-order chi connectivity index (χ1) is 20.6. The van der Waals surface area contributed by atoms with Gasteiger partial charge in [0.2, 0.25) is 0 Å². The topological polar surface area (TPSA) is 121 Å². The van der Waals surface area contributed by atoms with Gasteiger partial charge in [-0.15, -0.1) is 0 Å². The Bertz CT molecular complexity index is 1700. The Morgan fingerprint density at radius 1 is 1.02 bits per heavy atom. The highest BCUT2D eigenvalue weighted by molar-refractivity contribution is 6.03. The fourth-order valence-corrected chi connectivity index (χ4v) is 5.50. The molecular weight excluding hydrogens is 567 g/mol. The van der Waals surface area contributed by atoms with E-state index in [1.807, 2.05) is 12.1 Å². The average Bonchev–Trinajstić information content (AvgIpc) is 3.63. The van der Waals surface area contributed by atoms with E-state index in [-0.39, 0.29) is 35.1 Å². The van der Waals surface area contributed by atoms with Crippen molar-refractivity contribution in [2.24, 2.45) is 0 Å². The van der Waals surface area contributed by atoms with Gasteiger partial charge >= 0.3 is 6.18 Å². The van der Waals surface area contributed by atoms with Crippen molar-refractivity contribution in [2.45, 2.75) is 43.9 Å². The maximum Gasteiger partial charge on any atom is 0.410 e. The second kappa shape index (κ2) is 11.0. The SMILES string of the molecule is COc1ccc(C2CC(C(F)(F)F)n3nc(C(=O)Nc4cc(Oc5ccc6c(c5)CCC6)cc([N+](=O)[O-])c4)cc3N2)cc1. The van der Waals surface area contributed by atoms with Gasteiger partial charge in [-0.25, -0.2) is 4.68 Å². The molecule has 2 heterocycles. The lowest BCUT2D eigenvalue weighted by Crippen LogP contribution is -2.35. The molecule has 43 heavy (non-hydrogen) atoms. The zero-order chi connectivity index (χ0) is 30.3. The first-order valence-corrected chi connectivity index (χ1v) is 13.5. The van der Waals surface area contributed by atoms with Crippen LogP contribution < -0.4 is 20.1 Å².